The lowest BCUT2D eigenvalue weighted by molar-refractivity contribution is -0.138. The average Bonchev–Trinajstić information content (AvgIpc) is 4.22. The van der Waals surface area contributed by atoms with Gasteiger partial charge in [0.2, 0.25) is 23.6 Å². The maximum atomic E-state index is 14.3. The second-order valence-corrected chi connectivity index (χ2v) is 20.5. The molecule has 2 aromatic heterocycles. The number of carbonyl (C=O) groups is 4. The highest BCUT2D eigenvalue weighted by Crippen LogP contribution is 2.41. The van der Waals surface area contributed by atoms with Crippen molar-refractivity contribution in [2.75, 3.05) is 13.1 Å². The number of nitrogens with one attached hydrogen (secondary N) is 2. The first-order valence-electron chi connectivity index (χ1n) is 23.8. The van der Waals surface area contributed by atoms with Crippen LogP contribution in [-0.4, -0.2) is 56.5 Å². The Bertz CT molecular complexity index is 2450. The summed E-state index contributed by atoms with van der Waals surface area (Å²) in [5, 5.41) is 8.13. The first-order valence-corrected chi connectivity index (χ1v) is 25.5. The molecule has 4 heterocycles. The molecule has 4 atom stereocenters. The summed E-state index contributed by atoms with van der Waals surface area (Å²) in [6.45, 7) is 1.27. The summed E-state index contributed by atoms with van der Waals surface area (Å²) in [6.07, 6.45) is 15.0. The van der Waals surface area contributed by atoms with Gasteiger partial charge in [-0.05, 0) is 84.7 Å². The predicted molar refractivity (Wildman–Crippen MR) is 260 cm³/mol. The zero-order chi connectivity index (χ0) is 45.0. The molecule has 10 rings (SSSR count). The lowest BCUT2D eigenvalue weighted by atomic mass is 10.0. The van der Waals surface area contributed by atoms with Crippen molar-refractivity contribution in [2.45, 2.75) is 101 Å². The van der Waals surface area contributed by atoms with Crippen molar-refractivity contribution in [2.24, 2.45) is 11.8 Å². The molecule has 0 bridgehead atoms. The molecule has 2 N–H and O–H groups in total. The number of nitrogens with zero attached hydrogens (tertiary/aromatic N) is 4. The molecule has 4 fully saturated rings. The van der Waals surface area contributed by atoms with Crippen molar-refractivity contribution in [3.63, 3.8) is 0 Å². The number of rotatable bonds is 13. The number of aromatic nitrogens is 2. The monoisotopic (exact) mass is 916 g/mol. The Morgan fingerprint density at radius 3 is 1.21 bits per heavy atom. The fourth-order valence-electron chi connectivity index (χ4n) is 10.5. The van der Waals surface area contributed by atoms with Gasteiger partial charge in [-0.25, -0.2) is 9.97 Å². The minimum atomic E-state index is -0.720. The Morgan fingerprint density at radius 1 is 0.470 bits per heavy atom. The maximum Gasteiger partial charge on any atom is 0.250 e. The van der Waals surface area contributed by atoms with Gasteiger partial charge in [-0.15, -0.1) is 22.7 Å². The molecule has 0 radical (unpaired) electrons. The van der Waals surface area contributed by atoms with Gasteiger partial charge in [-0.1, -0.05) is 135 Å². The van der Waals surface area contributed by atoms with E-state index in [1.165, 1.54) is 0 Å². The van der Waals surface area contributed by atoms with E-state index in [-0.39, 0.29) is 47.5 Å². The van der Waals surface area contributed by atoms with Crippen molar-refractivity contribution >= 4 is 46.3 Å². The van der Waals surface area contributed by atoms with Crippen LogP contribution in [0.3, 0.4) is 0 Å². The Morgan fingerprint density at radius 2 is 0.833 bits per heavy atom. The molecular formula is C54H56N6O4S2. The average molecular weight is 917 g/mol. The summed E-state index contributed by atoms with van der Waals surface area (Å²) < 4.78 is 0. The summed E-state index contributed by atoms with van der Waals surface area (Å²) >= 11 is 3.26. The van der Waals surface area contributed by atoms with Crippen LogP contribution in [0.15, 0.2) is 122 Å². The quantitative estimate of drug-likeness (QED) is 0.119. The minimum Gasteiger partial charge on any atom is -0.340 e. The van der Waals surface area contributed by atoms with Crippen LogP contribution in [0.1, 0.15) is 122 Å². The first-order chi connectivity index (χ1) is 32.4. The maximum absolute atomic E-state index is 14.3. The largest absolute Gasteiger partial charge is 0.340 e. The molecule has 2 aliphatic carbocycles. The summed E-state index contributed by atoms with van der Waals surface area (Å²) in [6, 6.07) is 34.7. The zero-order valence-corrected chi connectivity index (χ0v) is 38.8. The summed E-state index contributed by atoms with van der Waals surface area (Å²) in [7, 11) is 0. The second kappa shape index (κ2) is 19.9. The number of thiazole rings is 2. The van der Waals surface area contributed by atoms with E-state index in [0.29, 0.717) is 13.1 Å². The van der Waals surface area contributed by atoms with Crippen LogP contribution < -0.4 is 10.6 Å². The van der Waals surface area contributed by atoms with Crippen molar-refractivity contribution < 1.29 is 19.2 Å². The molecule has 6 aromatic rings. The Hall–Kier alpha value is -5.98. The lowest BCUT2D eigenvalue weighted by Gasteiger charge is -2.29. The second-order valence-electron chi connectivity index (χ2n) is 18.3. The molecule has 2 aliphatic heterocycles. The van der Waals surface area contributed by atoms with Gasteiger partial charge in [0.05, 0.1) is 21.8 Å². The number of benzene rings is 4. The van der Waals surface area contributed by atoms with E-state index < -0.39 is 12.1 Å². The highest BCUT2D eigenvalue weighted by molar-refractivity contribution is 7.15. The Balaban J connectivity index is 0.793. The van der Waals surface area contributed by atoms with Crippen molar-refractivity contribution in [3.05, 3.63) is 143 Å². The molecule has 10 nitrogen and oxygen atoms in total. The van der Waals surface area contributed by atoms with Crippen LogP contribution >= 0.6 is 22.7 Å². The number of amides is 4. The van der Waals surface area contributed by atoms with E-state index >= 15 is 0 Å². The molecule has 338 valence electrons. The Kier molecular flexibility index (Phi) is 13.2. The molecule has 4 aromatic carbocycles. The van der Waals surface area contributed by atoms with E-state index in [4.69, 9.17) is 9.97 Å². The molecule has 0 unspecified atom stereocenters. The van der Waals surface area contributed by atoms with Crippen molar-refractivity contribution in [1.29, 1.82) is 0 Å². The third-order valence-corrected chi connectivity index (χ3v) is 16.4. The lowest BCUT2D eigenvalue weighted by Crippen LogP contribution is -2.44. The number of carbonyl (C=O) groups excluding carboxylic acids is 4. The minimum absolute atomic E-state index is 0.0200. The van der Waals surface area contributed by atoms with Gasteiger partial charge in [0.1, 0.15) is 22.1 Å². The molecule has 2 saturated carbocycles. The fraction of sp³-hybridized carbons (Fsp3) is 0.370. The van der Waals surface area contributed by atoms with Crippen LogP contribution in [0.5, 0.6) is 0 Å². The molecule has 4 amide bonds. The van der Waals surface area contributed by atoms with E-state index in [9.17, 15) is 19.2 Å². The summed E-state index contributed by atoms with van der Waals surface area (Å²) in [5.41, 5.74) is 5.97. The van der Waals surface area contributed by atoms with Gasteiger partial charge in [-0.3, -0.25) is 19.2 Å². The predicted octanol–water partition coefficient (Wildman–Crippen LogP) is 11.0. The van der Waals surface area contributed by atoms with Crippen LogP contribution in [0.25, 0.3) is 32.0 Å². The third-order valence-electron chi connectivity index (χ3n) is 14.1. The fourth-order valence-corrected chi connectivity index (χ4v) is 12.6. The van der Waals surface area contributed by atoms with Gasteiger partial charge in [-0.2, -0.15) is 0 Å². The van der Waals surface area contributed by atoms with Gasteiger partial charge < -0.3 is 20.4 Å². The summed E-state index contributed by atoms with van der Waals surface area (Å²) in [5.74, 6) is -0.233. The highest BCUT2D eigenvalue weighted by atomic mass is 32.1. The molecule has 66 heavy (non-hydrogen) atoms. The van der Waals surface area contributed by atoms with Crippen LogP contribution in [0.2, 0.25) is 0 Å². The standard InChI is InChI=1S/C54H56N6O4S2/c61-49(41-17-7-8-18-41)57-47(39-13-3-1-4-14-39)53(63)59-31-11-21-43(59)51-55-33-45(65-51)37-27-23-35(24-28-37)36-25-29-38(30-26-36)46-34-56-52(66-46)44-22-12-32-60(44)54(64)48(40-15-5-2-6-16-40)58-50(62)42-19-9-10-20-42/h1-6,13-16,23-30,33-34,41-44,47-48H,7-12,17-22,31-32H2,(H,57,61)(H,58,62)/t43-,44-,47+,48+/m0/s1. The number of hydrogen-bond acceptors (Lipinski definition) is 8. The van der Waals surface area contributed by atoms with E-state index in [2.05, 4.69) is 59.2 Å². The molecule has 4 aliphatic rings. The van der Waals surface area contributed by atoms with Gasteiger partial charge >= 0.3 is 0 Å². The molecule has 12 heteroatoms. The molecule has 2 saturated heterocycles. The van der Waals surface area contributed by atoms with Crippen LogP contribution in [0, 0.1) is 11.8 Å². The normalized spacial score (nSPS) is 19.8. The first kappa shape index (κ1) is 43.9. The Labute approximate surface area is 394 Å². The number of hydrogen-bond donors (Lipinski definition) is 2. The van der Waals surface area contributed by atoms with Gasteiger partial charge in [0, 0.05) is 37.3 Å². The topological polar surface area (TPSA) is 125 Å². The van der Waals surface area contributed by atoms with Gasteiger partial charge in [0.15, 0.2) is 0 Å². The number of likely N-dealkylation sites (tertiary alicyclic amines) is 2. The van der Waals surface area contributed by atoms with Crippen LogP contribution in [0.4, 0.5) is 0 Å². The SMILES string of the molecule is O=C(N[C@@H](C(=O)N1CCC[C@H]1c1ncc(-c2ccc(-c3ccc(-c4cnc([C@@H]5CCCN5C(=O)[C@H](NC(=O)C5CCCC5)c5ccccc5)s4)cc3)cc2)s1)c1ccccc1)C1CCCC1. The summed E-state index contributed by atoms with van der Waals surface area (Å²) in [4.78, 5) is 70.9. The van der Waals surface area contributed by atoms with Gasteiger partial charge in [0.25, 0.3) is 0 Å². The van der Waals surface area contributed by atoms with Crippen LogP contribution in [-0.2, 0) is 19.2 Å². The van der Waals surface area contributed by atoms with E-state index in [1.807, 2.05) is 82.9 Å². The van der Waals surface area contributed by atoms with Crippen molar-refractivity contribution in [1.82, 2.24) is 30.4 Å². The zero-order valence-electron chi connectivity index (χ0n) is 37.1. The molecule has 0 spiro atoms. The highest BCUT2D eigenvalue weighted by Gasteiger charge is 2.40. The molecular weight excluding hydrogens is 861 g/mol. The van der Waals surface area contributed by atoms with E-state index in [0.717, 1.165) is 130 Å². The third kappa shape index (κ3) is 9.35. The smallest absolute Gasteiger partial charge is 0.250 e. The van der Waals surface area contributed by atoms with E-state index in [1.54, 1.807) is 22.7 Å². The van der Waals surface area contributed by atoms with Crippen molar-refractivity contribution in [3.8, 4) is 32.0 Å².